The van der Waals surface area contributed by atoms with E-state index in [4.69, 9.17) is 0 Å². The molecule has 3 N–H and O–H groups in total. The fourth-order valence-corrected chi connectivity index (χ4v) is 5.19. The second-order valence-corrected chi connectivity index (χ2v) is 10.5. The molecule has 39 heavy (non-hydrogen) atoms. The molecule has 0 bridgehead atoms. The Morgan fingerprint density at radius 3 is 2.87 bits per heavy atom. The van der Waals surface area contributed by atoms with Crippen LogP contribution in [0.1, 0.15) is 45.6 Å². The van der Waals surface area contributed by atoms with E-state index in [0.717, 1.165) is 68.6 Å². The lowest BCUT2D eigenvalue weighted by molar-refractivity contribution is -0.120. The Morgan fingerprint density at radius 2 is 2.10 bits per heavy atom. The number of hydrogen-bond acceptors (Lipinski definition) is 5. The Hall–Kier alpha value is -4.30. The summed E-state index contributed by atoms with van der Waals surface area (Å²) in [5, 5.41) is 16.8. The van der Waals surface area contributed by atoms with E-state index in [1.807, 2.05) is 37.5 Å². The molecular formula is C31H32N6OS. The highest BCUT2D eigenvalue weighted by molar-refractivity contribution is 7.08. The molecule has 5 aromatic heterocycles. The highest BCUT2D eigenvalue weighted by Gasteiger charge is 2.16. The number of nitrogens with zero attached hydrogens (tertiary/aromatic N) is 3. The van der Waals surface area contributed by atoms with Crippen LogP contribution in [0.4, 0.5) is 0 Å². The predicted molar refractivity (Wildman–Crippen MR) is 161 cm³/mol. The molecule has 0 fully saturated rings. The predicted octanol–water partition coefficient (Wildman–Crippen LogP) is 7.65. The van der Waals surface area contributed by atoms with E-state index in [-0.39, 0.29) is 11.8 Å². The molecule has 1 atom stereocenters. The maximum atomic E-state index is 12.3. The summed E-state index contributed by atoms with van der Waals surface area (Å²) in [6.07, 6.45) is 12.0. The number of amides is 1. The van der Waals surface area contributed by atoms with Gasteiger partial charge in [0, 0.05) is 57.3 Å². The first kappa shape index (κ1) is 26.3. The van der Waals surface area contributed by atoms with Crippen LogP contribution in [0.15, 0.2) is 77.9 Å². The minimum Gasteiger partial charge on any atom is -0.353 e. The average Bonchev–Trinajstić information content (AvgIpc) is 3.70. The number of nitrogens with one attached hydrogen (secondary N) is 3. The lowest BCUT2D eigenvalue weighted by atomic mass is 10.00. The van der Waals surface area contributed by atoms with E-state index in [1.165, 1.54) is 0 Å². The maximum absolute atomic E-state index is 12.3. The summed E-state index contributed by atoms with van der Waals surface area (Å²) in [5.41, 5.74) is 8.13. The van der Waals surface area contributed by atoms with E-state index < -0.39 is 0 Å². The first-order valence-corrected chi connectivity index (χ1v) is 14.1. The summed E-state index contributed by atoms with van der Waals surface area (Å²) in [4.78, 5) is 25.1. The van der Waals surface area contributed by atoms with E-state index >= 15 is 0 Å². The molecule has 0 aliphatic heterocycles. The van der Waals surface area contributed by atoms with Crippen LogP contribution >= 0.6 is 11.3 Å². The van der Waals surface area contributed by atoms with E-state index in [0.29, 0.717) is 12.1 Å². The number of carbonyl (C=O) groups excluding carboxylic acids is 1. The van der Waals surface area contributed by atoms with Crippen molar-refractivity contribution in [3.05, 3.63) is 83.5 Å². The molecule has 5 aromatic rings. The summed E-state index contributed by atoms with van der Waals surface area (Å²) < 4.78 is 0. The standard InChI is InChI=1S/C31H32N6OS/c1-5-7-8-28(38)34-20(4)14-22(13-19(3)6-2)23-15-25-30(36-37-31(25)33-17-23)27-16-24-26(35-27)9-11-32-29(24)21-10-12-39-18-21/h6,9-19,35H,2,5,7-8H2,1,3-4H3,(H,34,38)(H,33,36,37)/b20-14+,22-13+/t19-/m0/s1. The quantitative estimate of drug-likeness (QED) is 0.126. The Bertz CT molecular complexity index is 1690. The van der Waals surface area contributed by atoms with Crippen molar-refractivity contribution in [3.63, 3.8) is 0 Å². The lowest BCUT2D eigenvalue weighted by Gasteiger charge is -2.10. The van der Waals surface area contributed by atoms with Gasteiger partial charge in [0.25, 0.3) is 0 Å². The zero-order valence-electron chi connectivity index (χ0n) is 22.4. The molecule has 5 rings (SSSR count). The fraction of sp³-hybridized carbons (Fsp3) is 0.226. The molecule has 5 heterocycles. The third kappa shape index (κ3) is 5.76. The van der Waals surface area contributed by atoms with E-state index in [1.54, 1.807) is 11.3 Å². The molecule has 8 heteroatoms. The molecule has 0 aliphatic rings. The van der Waals surface area contributed by atoms with Gasteiger partial charge in [-0.25, -0.2) is 4.98 Å². The number of rotatable bonds is 10. The van der Waals surface area contributed by atoms with Crippen molar-refractivity contribution in [1.82, 2.24) is 30.5 Å². The van der Waals surface area contributed by atoms with Crippen molar-refractivity contribution in [2.45, 2.75) is 40.0 Å². The zero-order valence-corrected chi connectivity index (χ0v) is 23.2. The number of thiophene rings is 1. The highest BCUT2D eigenvalue weighted by Crippen LogP contribution is 2.34. The number of aromatic nitrogens is 5. The average molecular weight is 537 g/mol. The third-order valence-electron chi connectivity index (χ3n) is 6.64. The van der Waals surface area contributed by atoms with Gasteiger partial charge in [0.15, 0.2) is 5.65 Å². The molecule has 0 aromatic carbocycles. The number of H-pyrrole nitrogens is 2. The maximum Gasteiger partial charge on any atom is 0.224 e. The number of aromatic amines is 2. The normalized spacial score (nSPS) is 13.2. The summed E-state index contributed by atoms with van der Waals surface area (Å²) in [6, 6.07) is 8.27. The summed E-state index contributed by atoms with van der Waals surface area (Å²) in [6.45, 7) is 10.0. The smallest absolute Gasteiger partial charge is 0.224 e. The van der Waals surface area contributed by atoms with Gasteiger partial charge in [0.05, 0.1) is 17.1 Å². The van der Waals surface area contributed by atoms with Gasteiger partial charge in [-0.2, -0.15) is 16.4 Å². The molecule has 0 spiro atoms. The first-order valence-electron chi connectivity index (χ1n) is 13.1. The van der Waals surface area contributed by atoms with E-state index in [9.17, 15) is 4.79 Å². The second kappa shape index (κ2) is 11.6. The molecule has 0 radical (unpaired) electrons. The van der Waals surface area contributed by atoms with Crippen LogP contribution in [-0.2, 0) is 4.79 Å². The van der Waals surface area contributed by atoms with Crippen LogP contribution in [-0.4, -0.2) is 31.1 Å². The van der Waals surface area contributed by atoms with Gasteiger partial charge in [-0.3, -0.25) is 14.9 Å². The summed E-state index contributed by atoms with van der Waals surface area (Å²) in [5.74, 6) is 0.165. The lowest BCUT2D eigenvalue weighted by Crippen LogP contribution is -2.20. The van der Waals surface area contributed by atoms with Crippen LogP contribution in [0.25, 0.3) is 50.2 Å². The number of allylic oxidation sites excluding steroid dienone is 5. The zero-order chi connectivity index (χ0) is 27.4. The van der Waals surface area contributed by atoms with Gasteiger partial charge in [0.2, 0.25) is 5.91 Å². The Balaban J connectivity index is 1.55. The van der Waals surface area contributed by atoms with Crippen molar-refractivity contribution in [1.29, 1.82) is 0 Å². The minimum atomic E-state index is 0.0301. The third-order valence-corrected chi connectivity index (χ3v) is 7.32. The molecular weight excluding hydrogens is 504 g/mol. The molecule has 7 nitrogen and oxygen atoms in total. The van der Waals surface area contributed by atoms with Crippen molar-refractivity contribution >= 4 is 44.8 Å². The van der Waals surface area contributed by atoms with Crippen molar-refractivity contribution in [2.24, 2.45) is 5.92 Å². The Labute approximate surface area is 231 Å². The monoisotopic (exact) mass is 536 g/mol. The second-order valence-electron chi connectivity index (χ2n) is 9.71. The molecule has 0 saturated carbocycles. The minimum absolute atomic E-state index is 0.0301. The van der Waals surface area contributed by atoms with Crippen LogP contribution in [0.5, 0.6) is 0 Å². The molecule has 198 valence electrons. The Kier molecular flexibility index (Phi) is 7.84. The van der Waals surface area contributed by atoms with Gasteiger partial charge in [-0.1, -0.05) is 32.4 Å². The topological polar surface area (TPSA) is 99.3 Å². The largest absolute Gasteiger partial charge is 0.353 e. The van der Waals surface area contributed by atoms with Gasteiger partial charge >= 0.3 is 0 Å². The van der Waals surface area contributed by atoms with Gasteiger partial charge in [-0.05, 0) is 60.6 Å². The van der Waals surface area contributed by atoms with Crippen LogP contribution in [0, 0.1) is 5.92 Å². The van der Waals surface area contributed by atoms with E-state index in [2.05, 4.69) is 85.9 Å². The van der Waals surface area contributed by atoms with Crippen molar-refractivity contribution in [3.8, 4) is 22.6 Å². The number of carbonyl (C=O) groups is 1. The fourth-order valence-electron chi connectivity index (χ4n) is 4.55. The number of hydrogen-bond donors (Lipinski definition) is 3. The number of pyridine rings is 2. The van der Waals surface area contributed by atoms with Crippen molar-refractivity contribution < 1.29 is 4.79 Å². The molecule has 0 aliphatic carbocycles. The first-order chi connectivity index (χ1) is 19.0. The van der Waals surface area contributed by atoms with Crippen LogP contribution in [0.3, 0.4) is 0 Å². The van der Waals surface area contributed by atoms with Gasteiger partial charge < -0.3 is 10.3 Å². The van der Waals surface area contributed by atoms with Gasteiger partial charge in [0.1, 0.15) is 0 Å². The van der Waals surface area contributed by atoms with Crippen molar-refractivity contribution in [2.75, 3.05) is 0 Å². The summed E-state index contributed by atoms with van der Waals surface area (Å²) >= 11 is 1.66. The number of fused-ring (bicyclic) bond motifs is 2. The number of unbranched alkanes of at least 4 members (excludes halogenated alkanes) is 1. The van der Waals surface area contributed by atoms with Crippen LogP contribution in [0.2, 0.25) is 0 Å². The molecule has 0 saturated heterocycles. The SMILES string of the molecule is C=C[C@H](C)/C=C(\C=C(/C)NC(=O)CCCC)c1cnc2n[nH]c(-c3cc4c(-c5ccsc5)nccc4[nH]3)c2c1. The molecule has 1 amide bonds. The molecule has 0 unspecified atom stereocenters. The summed E-state index contributed by atoms with van der Waals surface area (Å²) in [7, 11) is 0. The van der Waals surface area contributed by atoms with Gasteiger partial charge in [-0.15, -0.1) is 6.58 Å². The van der Waals surface area contributed by atoms with Crippen LogP contribution < -0.4 is 5.32 Å². The Morgan fingerprint density at radius 1 is 1.23 bits per heavy atom. The highest BCUT2D eigenvalue weighted by atomic mass is 32.1.